The fourth-order valence-electron chi connectivity index (χ4n) is 2.34. The highest BCUT2D eigenvalue weighted by molar-refractivity contribution is 6.06. The Labute approximate surface area is 168 Å². The van der Waals surface area contributed by atoms with Crippen LogP contribution >= 0.6 is 0 Å². The predicted octanol–water partition coefficient (Wildman–Crippen LogP) is 3.35. The van der Waals surface area contributed by atoms with Gasteiger partial charge in [0, 0.05) is 5.56 Å². The van der Waals surface area contributed by atoms with E-state index in [1.54, 1.807) is 24.3 Å². The number of carbonyl (C=O) groups excluding carboxylic acids is 2. The number of amides is 2. The van der Waals surface area contributed by atoms with Crippen molar-refractivity contribution >= 4 is 23.7 Å². The van der Waals surface area contributed by atoms with Crippen LogP contribution in [-0.4, -0.2) is 31.7 Å². The van der Waals surface area contributed by atoms with Crippen molar-refractivity contribution in [3.05, 3.63) is 53.8 Å². The molecule has 0 aliphatic carbocycles. The fourth-order valence-corrected chi connectivity index (χ4v) is 2.34. The number of rotatable bonds is 9. The molecule has 0 heterocycles. The molecule has 0 radical (unpaired) electrons. The number of hydrazone groups is 1. The average molecular weight is 401 g/mol. The third-order valence-corrected chi connectivity index (χ3v) is 3.98. The van der Waals surface area contributed by atoms with Crippen molar-refractivity contribution in [1.82, 2.24) is 5.43 Å². The molecule has 0 aliphatic heterocycles. The van der Waals surface area contributed by atoms with Gasteiger partial charge in [0.2, 0.25) is 5.91 Å². The summed E-state index contributed by atoms with van der Waals surface area (Å²) < 4.78 is 24.6. The number of nitrogens with one attached hydrogen (secondary N) is 2. The van der Waals surface area contributed by atoms with Crippen LogP contribution in [0, 0.1) is 11.7 Å². The largest absolute Gasteiger partial charge is 0.493 e. The SMILES string of the molecule is CCCOc1c(C=NNC(=O)C(C)C(=O)Nc2ccccc2F)cccc1OC. The van der Waals surface area contributed by atoms with Gasteiger partial charge in [-0.15, -0.1) is 0 Å². The van der Waals surface area contributed by atoms with Gasteiger partial charge in [0.05, 0.1) is 25.6 Å². The van der Waals surface area contributed by atoms with E-state index in [-0.39, 0.29) is 5.69 Å². The molecular weight excluding hydrogens is 377 g/mol. The Morgan fingerprint density at radius 1 is 1.17 bits per heavy atom. The van der Waals surface area contributed by atoms with Crippen LogP contribution in [-0.2, 0) is 9.59 Å². The standard InChI is InChI=1S/C21H24FN3O4/c1-4-12-29-19-15(8-7-11-18(19)28-3)13-23-25-21(27)14(2)20(26)24-17-10-6-5-9-16(17)22/h5-11,13-14H,4,12H2,1-3H3,(H,24,26)(H,25,27). The summed E-state index contributed by atoms with van der Waals surface area (Å²) in [4.78, 5) is 24.4. The van der Waals surface area contributed by atoms with Gasteiger partial charge < -0.3 is 14.8 Å². The molecule has 0 aromatic heterocycles. The first-order valence-electron chi connectivity index (χ1n) is 9.16. The van der Waals surface area contributed by atoms with Gasteiger partial charge >= 0.3 is 0 Å². The zero-order valence-electron chi connectivity index (χ0n) is 16.6. The minimum absolute atomic E-state index is 0.00902. The van der Waals surface area contributed by atoms with E-state index >= 15 is 0 Å². The molecule has 0 aliphatic rings. The minimum Gasteiger partial charge on any atom is -0.493 e. The Morgan fingerprint density at radius 3 is 2.62 bits per heavy atom. The molecule has 154 valence electrons. The molecule has 1 unspecified atom stereocenters. The van der Waals surface area contributed by atoms with Crippen molar-refractivity contribution in [2.75, 3.05) is 19.0 Å². The van der Waals surface area contributed by atoms with Gasteiger partial charge in [-0.1, -0.05) is 25.1 Å². The van der Waals surface area contributed by atoms with E-state index in [2.05, 4.69) is 15.8 Å². The predicted molar refractivity (Wildman–Crippen MR) is 109 cm³/mol. The van der Waals surface area contributed by atoms with Crippen LogP contribution in [0.4, 0.5) is 10.1 Å². The summed E-state index contributed by atoms with van der Waals surface area (Å²) in [6.07, 6.45) is 2.23. The molecule has 0 fully saturated rings. The van der Waals surface area contributed by atoms with Gasteiger partial charge in [-0.25, -0.2) is 9.82 Å². The van der Waals surface area contributed by atoms with Crippen LogP contribution in [0.3, 0.4) is 0 Å². The number of ether oxygens (including phenoxy) is 2. The Balaban J connectivity index is 2.01. The summed E-state index contributed by atoms with van der Waals surface area (Å²) in [5, 5.41) is 6.28. The number of nitrogens with zero attached hydrogens (tertiary/aromatic N) is 1. The zero-order valence-corrected chi connectivity index (χ0v) is 16.6. The molecule has 7 nitrogen and oxygen atoms in total. The summed E-state index contributed by atoms with van der Waals surface area (Å²) in [5.74, 6) is -1.87. The van der Waals surface area contributed by atoms with Crippen molar-refractivity contribution in [2.24, 2.45) is 11.0 Å². The molecule has 0 saturated carbocycles. The molecule has 1 atom stereocenters. The van der Waals surface area contributed by atoms with Gasteiger partial charge in [0.1, 0.15) is 11.7 Å². The van der Waals surface area contributed by atoms with Crippen molar-refractivity contribution in [3.8, 4) is 11.5 Å². The molecule has 2 aromatic carbocycles. The lowest BCUT2D eigenvalue weighted by Crippen LogP contribution is -2.34. The summed E-state index contributed by atoms with van der Waals surface area (Å²) >= 11 is 0. The third kappa shape index (κ3) is 6.03. The molecule has 0 spiro atoms. The summed E-state index contributed by atoms with van der Waals surface area (Å²) in [6, 6.07) is 11.0. The van der Waals surface area contributed by atoms with Gasteiger partial charge in [-0.05, 0) is 37.6 Å². The number of para-hydroxylation sites is 2. The lowest BCUT2D eigenvalue weighted by atomic mass is 10.1. The minimum atomic E-state index is -1.08. The number of hydrogen-bond acceptors (Lipinski definition) is 5. The zero-order chi connectivity index (χ0) is 21.2. The van der Waals surface area contributed by atoms with E-state index in [1.165, 1.54) is 38.4 Å². The van der Waals surface area contributed by atoms with Gasteiger partial charge in [0.15, 0.2) is 11.5 Å². The van der Waals surface area contributed by atoms with Crippen LogP contribution < -0.4 is 20.2 Å². The normalized spacial score (nSPS) is 11.7. The molecule has 2 rings (SSSR count). The second-order valence-electron chi connectivity index (χ2n) is 6.15. The highest BCUT2D eigenvalue weighted by Gasteiger charge is 2.22. The number of halogens is 1. The summed E-state index contributed by atoms with van der Waals surface area (Å²) in [5.41, 5.74) is 2.93. The Bertz CT molecular complexity index is 886. The topological polar surface area (TPSA) is 89.0 Å². The van der Waals surface area contributed by atoms with E-state index in [1.807, 2.05) is 6.92 Å². The number of anilines is 1. The molecule has 0 saturated heterocycles. The summed E-state index contributed by atoms with van der Waals surface area (Å²) in [6.45, 7) is 3.89. The Hall–Kier alpha value is -3.42. The molecular formula is C21H24FN3O4. The van der Waals surface area contributed by atoms with Gasteiger partial charge in [-0.2, -0.15) is 5.10 Å². The lowest BCUT2D eigenvalue weighted by Gasteiger charge is -2.13. The number of benzene rings is 2. The first-order valence-corrected chi connectivity index (χ1v) is 9.16. The van der Waals surface area contributed by atoms with Gasteiger partial charge in [-0.3, -0.25) is 9.59 Å². The average Bonchev–Trinajstić information content (AvgIpc) is 2.73. The third-order valence-electron chi connectivity index (χ3n) is 3.98. The second-order valence-corrected chi connectivity index (χ2v) is 6.15. The number of methoxy groups -OCH3 is 1. The van der Waals surface area contributed by atoms with E-state index in [0.29, 0.717) is 23.7 Å². The van der Waals surface area contributed by atoms with Crippen LogP contribution in [0.2, 0.25) is 0 Å². The van der Waals surface area contributed by atoms with Crippen molar-refractivity contribution in [2.45, 2.75) is 20.3 Å². The second kappa shape index (κ2) is 10.8. The van der Waals surface area contributed by atoms with E-state index in [0.717, 1.165) is 6.42 Å². The molecule has 0 bridgehead atoms. The van der Waals surface area contributed by atoms with E-state index in [4.69, 9.17) is 9.47 Å². The van der Waals surface area contributed by atoms with E-state index in [9.17, 15) is 14.0 Å². The van der Waals surface area contributed by atoms with E-state index < -0.39 is 23.5 Å². The first-order chi connectivity index (χ1) is 14.0. The first kappa shape index (κ1) is 21.9. The number of hydrogen-bond donors (Lipinski definition) is 2. The maximum atomic E-state index is 13.6. The lowest BCUT2D eigenvalue weighted by molar-refractivity contribution is -0.131. The Kier molecular flexibility index (Phi) is 8.14. The van der Waals surface area contributed by atoms with Crippen LogP contribution in [0.15, 0.2) is 47.6 Å². The molecule has 8 heteroatoms. The van der Waals surface area contributed by atoms with Crippen LogP contribution in [0.5, 0.6) is 11.5 Å². The van der Waals surface area contributed by atoms with Gasteiger partial charge in [0.25, 0.3) is 5.91 Å². The number of carbonyl (C=O) groups is 2. The van der Waals surface area contributed by atoms with Crippen LogP contribution in [0.25, 0.3) is 0 Å². The van der Waals surface area contributed by atoms with Crippen molar-refractivity contribution in [3.63, 3.8) is 0 Å². The molecule has 2 amide bonds. The quantitative estimate of drug-likeness (QED) is 0.383. The monoisotopic (exact) mass is 401 g/mol. The maximum absolute atomic E-state index is 13.6. The summed E-state index contributed by atoms with van der Waals surface area (Å²) in [7, 11) is 1.53. The smallest absolute Gasteiger partial charge is 0.252 e. The van der Waals surface area contributed by atoms with Crippen molar-refractivity contribution < 1.29 is 23.5 Å². The highest BCUT2D eigenvalue weighted by atomic mass is 19.1. The molecule has 29 heavy (non-hydrogen) atoms. The van der Waals surface area contributed by atoms with Crippen molar-refractivity contribution in [1.29, 1.82) is 0 Å². The molecule has 2 N–H and O–H groups in total. The highest BCUT2D eigenvalue weighted by Crippen LogP contribution is 2.30. The maximum Gasteiger partial charge on any atom is 0.252 e. The molecule has 2 aromatic rings. The fraction of sp³-hybridized carbons (Fsp3) is 0.286. The van der Waals surface area contributed by atoms with Crippen LogP contribution in [0.1, 0.15) is 25.8 Å². The Morgan fingerprint density at radius 2 is 1.93 bits per heavy atom.